The van der Waals surface area contributed by atoms with Crippen molar-refractivity contribution in [3.05, 3.63) is 113 Å². The molecule has 0 aliphatic carbocycles. The summed E-state index contributed by atoms with van der Waals surface area (Å²) in [4.78, 5) is 3.36. The molecular formula is C32H23F4NS. The van der Waals surface area contributed by atoms with Gasteiger partial charge in [0.05, 0.1) is 5.16 Å². The molecule has 0 saturated carbocycles. The minimum atomic E-state index is -0.932. The lowest BCUT2D eigenvalue weighted by Crippen LogP contribution is -1.94. The second-order valence-electron chi connectivity index (χ2n) is 8.76. The monoisotopic (exact) mass is 529 g/mol. The molecule has 6 heteroatoms. The number of nitrogens with zero attached hydrogens (tertiary/aromatic N) is 1. The van der Waals surface area contributed by atoms with Crippen LogP contribution in [0.15, 0.2) is 77.8 Å². The fourth-order valence-corrected chi connectivity index (χ4v) is 4.18. The van der Waals surface area contributed by atoms with E-state index in [2.05, 4.69) is 36.0 Å². The number of aryl methyl sites for hydroxylation is 1. The van der Waals surface area contributed by atoms with Gasteiger partial charge in [0.1, 0.15) is 5.69 Å². The van der Waals surface area contributed by atoms with Gasteiger partial charge in [-0.15, -0.1) is 0 Å². The van der Waals surface area contributed by atoms with Crippen LogP contribution in [0.5, 0.6) is 0 Å². The zero-order valence-electron chi connectivity index (χ0n) is 20.6. The van der Waals surface area contributed by atoms with Crippen molar-refractivity contribution in [1.82, 2.24) is 0 Å². The molecule has 4 aromatic carbocycles. The van der Waals surface area contributed by atoms with Gasteiger partial charge in [-0.2, -0.15) is 4.99 Å². The summed E-state index contributed by atoms with van der Waals surface area (Å²) in [7, 11) is 0. The maximum Gasteiger partial charge on any atom is 0.167 e. The number of unbranched alkanes of at least 4 members (excludes halogenated alkanes) is 2. The standard InChI is InChI=1S/C32H23F4NS/c1-2-3-4-5-21-8-12-24(13-9-21)26-16-17-27(31(36)30(26)35)25-14-10-22(11-15-25)6-7-23-18-28(33)32(37-20-38)29(34)19-23/h8-19H,2-5H2,1H3. The zero-order valence-corrected chi connectivity index (χ0v) is 21.4. The van der Waals surface area contributed by atoms with Crippen LogP contribution in [0.3, 0.4) is 0 Å². The zero-order chi connectivity index (χ0) is 27.1. The van der Waals surface area contributed by atoms with E-state index < -0.39 is 29.0 Å². The number of benzene rings is 4. The summed E-state index contributed by atoms with van der Waals surface area (Å²) in [6, 6.07) is 19.3. The Bertz CT molecular complexity index is 1540. The Kier molecular flexibility index (Phi) is 8.86. The molecule has 0 aliphatic heterocycles. The topological polar surface area (TPSA) is 12.4 Å². The number of hydrogen-bond acceptors (Lipinski definition) is 2. The van der Waals surface area contributed by atoms with Crippen LogP contribution in [0, 0.1) is 35.1 Å². The van der Waals surface area contributed by atoms with Gasteiger partial charge in [0.25, 0.3) is 0 Å². The van der Waals surface area contributed by atoms with Crippen molar-refractivity contribution in [2.75, 3.05) is 0 Å². The molecule has 0 N–H and O–H groups in total. The van der Waals surface area contributed by atoms with Crippen LogP contribution in [0.4, 0.5) is 23.2 Å². The van der Waals surface area contributed by atoms with Gasteiger partial charge >= 0.3 is 0 Å². The summed E-state index contributed by atoms with van der Waals surface area (Å²) < 4.78 is 58.1. The van der Waals surface area contributed by atoms with E-state index in [-0.39, 0.29) is 16.7 Å². The van der Waals surface area contributed by atoms with Gasteiger partial charge in [0, 0.05) is 22.3 Å². The quantitative estimate of drug-likeness (QED) is 0.0764. The van der Waals surface area contributed by atoms with E-state index in [9.17, 15) is 8.78 Å². The molecule has 0 aliphatic rings. The number of thiocarbonyl (C=S) groups is 1. The smallest absolute Gasteiger partial charge is 0.167 e. The predicted octanol–water partition coefficient (Wildman–Crippen LogP) is 9.44. The Hall–Kier alpha value is -4.04. The summed E-state index contributed by atoms with van der Waals surface area (Å²) in [6.07, 6.45) is 4.38. The molecule has 0 fully saturated rings. The summed E-state index contributed by atoms with van der Waals surface area (Å²) in [5, 5.41) is 1.93. The van der Waals surface area contributed by atoms with Gasteiger partial charge in [-0.3, -0.25) is 0 Å². The fraction of sp³-hybridized carbons (Fsp3) is 0.156. The lowest BCUT2D eigenvalue weighted by molar-refractivity contribution is 0.514. The van der Waals surface area contributed by atoms with E-state index in [0.29, 0.717) is 16.7 Å². The van der Waals surface area contributed by atoms with Crippen LogP contribution in [-0.4, -0.2) is 5.16 Å². The molecule has 0 radical (unpaired) electrons. The molecule has 0 heterocycles. The summed E-state index contributed by atoms with van der Waals surface area (Å²) in [5.41, 5.74) is 2.73. The lowest BCUT2D eigenvalue weighted by atomic mass is 9.97. The van der Waals surface area contributed by atoms with Crippen molar-refractivity contribution in [2.24, 2.45) is 4.99 Å². The molecule has 0 amide bonds. The third-order valence-corrected chi connectivity index (χ3v) is 6.23. The summed E-state index contributed by atoms with van der Waals surface area (Å²) in [5.74, 6) is 1.85. The van der Waals surface area contributed by atoms with Crippen molar-refractivity contribution >= 4 is 23.1 Å². The highest BCUT2D eigenvalue weighted by atomic mass is 32.1. The maximum absolute atomic E-state index is 15.1. The van der Waals surface area contributed by atoms with Crippen LogP contribution in [-0.2, 0) is 6.42 Å². The lowest BCUT2D eigenvalue weighted by Gasteiger charge is -2.10. The van der Waals surface area contributed by atoms with Gasteiger partial charge < -0.3 is 0 Å². The van der Waals surface area contributed by atoms with Gasteiger partial charge in [-0.05, 0) is 66.0 Å². The SMILES string of the molecule is CCCCCc1ccc(-c2ccc(-c3ccc(C#Cc4cc(F)c(N=C=S)c(F)c4)cc3)c(F)c2F)cc1. The number of isothiocyanates is 1. The third kappa shape index (κ3) is 6.26. The Balaban J connectivity index is 1.53. The molecule has 1 nitrogen and oxygen atoms in total. The van der Waals surface area contributed by atoms with Gasteiger partial charge in [0.2, 0.25) is 0 Å². The first kappa shape index (κ1) is 27.0. The van der Waals surface area contributed by atoms with Crippen molar-refractivity contribution in [1.29, 1.82) is 0 Å². The second kappa shape index (κ2) is 12.5. The van der Waals surface area contributed by atoms with Crippen LogP contribution in [0.2, 0.25) is 0 Å². The summed E-state index contributed by atoms with van der Waals surface area (Å²) >= 11 is 4.39. The van der Waals surface area contributed by atoms with E-state index in [0.717, 1.165) is 37.8 Å². The van der Waals surface area contributed by atoms with Crippen molar-refractivity contribution in [2.45, 2.75) is 32.6 Å². The minimum Gasteiger partial charge on any atom is -0.204 e. The summed E-state index contributed by atoms with van der Waals surface area (Å²) in [6.45, 7) is 2.15. The molecule has 0 unspecified atom stereocenters. The Morgan fingerprint density at radius 2 is 1.21 bits per heavy atom. The first-order valence-corrected chi connectivity index (χ1v) is 12.6. The molecular weight excluding hydrogens is 506 g/mol. The highest BCUT2D eigenvalue weighted by Gasteiger charge is 2.16. The fourth-order valence-electron chi connectivity index (χ4n) is 4.09. The van der Waals surface area contributed by atoms with E-state index in [4.69, 9.17) is 0 Å². The normalized spacial score (nSPS) is 10.4. The highest BCUT2D eigenvalue weighted by molar-refractivity contribution is 7.78. The Morgan fingerprint density at radius 3 is 1.74 bits per heavy atom. The molecule has 4 rings (SSSR count). The average Bonchev–Trinajstić information content (AvgIpc) is 2.92. The van der Waals surface area contributed by atoms with Gasteiger partial charge in [-0.25, -0.2) is 17.6 Å². The molecule has 38 heavy (non-hydrogen) atoms. The first-order valence-electron chi connectivity index (χ1n) is 12.2. The molecule has 0 bridgehead atoms. The van der Waals surface area contributed by atoms with Crippen LogP contribution in [0.1, 0.15) is 42.9 Å². The number of rotatable bonds is 7. The highest BCUT2D eigenvalue weighted by Crippen LogP contribution is 2.32. The molecule has 0 atom stereocenters. The van der Waals surface area contributed by atoms with Crippen LogP contribution in [0.25, 0.3) is 22.3 Å². The Morgan fingerprint density at radius 1 is 0.684 bits per heavy atom. The van der Waals surface area contributed by atoms with Crippen molar-refractivity contribution < 1.29 is 17.6 Å². The van der Waals surface area contributed by atoms with Gasteiger partial charge in [0.15, 0.2) is 23.3 Å². The first-order chi connectivity index (χ1) is 18.4. The third-order valence-electron chi connectivity index (χ3n) is 6.14. The molecule has 190 valence electrons. The largest absolute Gasteiger partial charge is 0.204 e. The molecule has 0 saturated heterocycles. The van der Waals surface area contributed by atoms with Crippen LogP contribution >= 0.6 is 12.2 Å². The minimum absolute atomic E-state index is 0.116. The number of hydrogen-bond donors (Lipinski definition) is 0. The van der Waals surface area contributed by atoms with E-state index in [1.54, 1.807) is 36.4 Å². The van der Waals surface area contributed by atoms with E-state index >= 15 is 8.78 Å². The Labute approximate surface area is 224 Å². The molecule has 0 aromatic heterocycles. The second-order valence-corrected chi connectivity index (χ2v) is 8.94. The molecule has 4 aromatic rings. The average molecular weight is 530 g/mol. The van der Waals surface area contributed by atoms with Crippen molar-refractivity contribution in [3.63, 3.8) is 0 Å². The van der Waals surface area contributed by atoms with Crippen LogP contribution < -0.4 is 0 Å². The predicted molar refractivity (Wildman–Crippen MR) is 147 cm³/mol. The van der Waals surface area contributed by atoms with E-state index in [1.807, 2.05) is 29.4 Å². The van der Waals surface area contributed by atoms with Gasteiger partial charge in [-0.1, -0.05) is 80.1 Å². The number of aliphatic imine (C=N–C) groups is 1. The number of halogens is 4. The molecule has 0 spiro atoms. The van der Waals surface area contributed by atoms with E-state index in [1.165, 1.54) is 5.56 Å². The maximum atomic E-state index is 15.1. The van der Waals surface area contributed by atoms with Crippen molar-refractivity contribution in [3.8, 4) is 34.1 Å².